The molecule has 1 aromatic carbocycles. The normalized spacial score (nSPS) is 24.5. The minimum atomic E-state index is -0.209. The highest BCUT2D eigenvalue weighted by molar-refractivity contribution is 6.31. The Morgan fingerprint density at radius 1 is 1.29 bits per heavy atom. The molecule has 2 fully saturated rings. The van der Waals surface area contributed by atoms with Gasteiger partial charge >= 0.3 is 0 Å². The van der Waals surface area contributed by atoms with Gasteiger partial charge in [-0.15, -0.1) is 0 Å². The minimum absolute atomic E-state index is 0.0173. The topological polar surface area (TPSA) is 70.7 Å². The van der Waals surface area contributed by atoms with Crippen molar-refractivity contribution in [3.05, 3.63) is 28.3 Å². The molecule has 3 atom stereocenters. The van der Waals surface area contributed by atoms with Crippen LogP contribution in [0.2, 0.25) is 5.02 Å². The number of amides is 2. The third-order valence-electron chi connectivity index (χ3n) is 6.75. The SMILES string of the molecule is CCN(CC1CCOCC1)c1cc(Cl)cc(C(=O)NCC2C(=O)NC(C)CC2C)c1C. The number of nitrogens with zero attached hydrogens (tertiary/aromatic N) is 1. The fourth-order valence-electron chi connectivity index (χ4n) is 4.85. The summed E-state index contributed by atoms with van der Waals surface area (Å²) in [5.74, 6) is 0.443. The van der Waals surface area contributed by atoms with E-state index in [2.05, 4.69) is 29.4 Å². The molecule has 0 aromatic heterocycles. The van der Waals surface area contributed by atoms with Crippen LogP contribution in [0.4, 0.5) is 5.69 Å². The predicted molar refractivity (Wildman–Crippen MR) is 125 cm³/mol. The molecule has 1 aromatic rings. The molecule has 0 saturated carbocycles. The maximum atomic E-state index is 13.1. The fourth-order valence-corrected chi connectivity index (χ4v) is 5.06. The lowest BCUT2D eigenvalue weighted by Gasteiger charge is -2.33. The molecule has 2 aliphatic heterocycles. The molecule has 2 N–H and O–H groups in total. The number of rotatable bonds is 7. The summed E-state index contributed by atoms with van der Waals surface area (Å²) in [6.07, 6.45) is 3.04. The van der Waals surface area contributed by atoms with Crippen LogP contribution in [0, 0.1) is 24.7 Å². The molecule has 31 heavy (non-hydrogen) atoms. The Labute approximate surface area is 191 Å². The first kappa shape index (κ1) is 23.9. The Hall–Kier alpha value is -1.79. The van der Waals surface area contributed by atoms with Gasteiger partial charge in [-0.1, -0.05) is 18.5 Å². The lowest BCUT2D eigenvalue weighted by Crippen LogP contribution is -2.50. The van der Waals surface area contributed by atoms with Gasteiger partial charge in [0.15, 0.2) is 0 Å². The molecule has 6 nitrogen and oxygen atoms in total. The number of hydrogen-bond donors (Lipinski definition) is 2. The molecule has 0 aliphatic carbocycles. The Bertz CT molecular complexity index is 795. The van der Waals surface area contributed by atoms with Gasteiger partial charge in [-0.3, -0.25) is 9.59 Å². The van der Waals surface area contributed by atoms with Gasteiger partial charge in [0.05, 0.1) is 5.92 Å². The summed E-state index contributed by atoms with van der Waals surface area (Å²) >= 11 is 6.43. The van der Waals surface area contributed by atoms with Gasteiger partial charge in [-0.05, 0) is 69.6 Å². The highest BCUT2D eigenvalue weighted by Gasteiger charge is 2.32. The van der Waals surface area contributed by atoms with Crippen molar-refractivity contribution in [2.75, 3.05) is 37.7 Å². The van der Waals surface area contributed by atoms with E-state index >= 15 is 0 Å². The number of benzene rings is 1. The molecule has 3 unspecified atom stereocenters. The summed E-state index contributed by atoms with van der Waals surface area (Å²) in [6, 6.07) is 3.86. The predicted octanol–water partition coefficient (Wildman–Crippen LogP) is 3.79. The maximum Gasteiger partial charge on any atom is 0.251 e. The summed E-state index contributed by atoms with van der Waals surface area (Å²) in [7, 11) is 0. The average Bonchev–Trinajstić information content (AvgIpc) is 2.73. The third kappa shape index (κ3) is 5.92. The second-order valence-corrected chi connectivity index (χ2v) is 9.57. The molecule has 0 bridgehead atoms. The van der Waals surface area contributed by atoms with E-state index < -0.39 is 0 Å². The van der Waals surface area contributed by atoms with Crippen molar-refractivity contribution in [2.24, 2.45) is 17.8 Å². The van der Waals surface area contributed by atoms with Crippen LogP contribution >= 0.6 is 11.6 Å². The molecule has 3 rings (SSSR count). The van der Waals surface area contributed by atoms with Crippen LogP contribution in [0.1, 0.15) is 56.0 Å². The van der Waals surface area contributed by atoms with Crippen LogP contribution in [0.25, 0.3) is 0 Å². The largest absolute Gasteiger partial charge is 0.381 e. The van der Waals surface area contributed by atoms with Crippen LogP contribution in [0.15, 0.2) is 12.1 Å². The van der Waals surface area contributed by atoms with E-state index in [9.17, 15) is 9.59 Å². The van der Waals surface area contributed by atoms with E-state index in [1.54, 1.807) is 6.07 Å². The lowest BCUT2D eigenvalue weighted by atomic mass is 9.84. The van der Waals surface area contributed by atoms with E-state index in [1.165, 1.54) is 0 Å². The van der Waals surface area contributed by atoms with Crippen LogP contribution in [-0.4, -0.2) is 50.7 Å². The van der Waals surface area contributed by atoms with Gasteiger partial charge in [-0.25, -0.2) is 0 Å². The summed E-state index contributed by atoms with van der Waals surface area (Å²) < 4.78 is 5.49. The summed E-state index contributed by atoms with van der Waals surface area (Å²) in [5.41, 5.74) is 2.50. The van der Waals surface area contributed by atoms with E-state index in [-0.39, 0.29) is 29.7 Å². The zero-order valence-electron chi connectivity index (χ0n) is 19.2. The summed E-state index contributed by atoms with van der Waals surface area (Å²) in [5, 5.41) is 6.52. The molecule has 7 heteroatoms. The number of anilines is 1. The first-order chi connectivity index (χ1) is 14.8. The zero-order valence-corrected chi connectivity index (χ0v) is 19.9. The highest BCUT2D eigenvalue weighted by atomic mass is 35.5. The van der Waals surface area contributed by atoms with Crippen molar-refractivity contribution in [1.29, 1.82) is 0 Å². The molecule has 2 amide bonds. The molecule has 0 spiro atoms. The molecule has 2 heterocycles. The zero-order chi connectivity index (χ0) is 22.5. The monoisotopic (exact) mass is 449 g/mol. The molecule has 172 valence electrons. The van der Waals surface area contributed by atoms with Gasteiger partial charge in [0.2, 0.25) is 5.91 Å². The Balaban J connectivity index is 1.72. The van der Waals surface area contributed by atoms with Gasteiger partial charge in [0.25, 0.3) is 5.91 Å². The van der Waals surface area contributed by atoms with E-state index in [0.29, 0.717) is 23.0 Å². The maximum absolute atomic E-state index is 13.1. The van der Waals surface area contributed by atoms with Gasteiger partial charge < -0.3 is 20.3 Å². The number of piperidine rings is 1. The minimum Gasteiger partial charge on any atom is -0.381 e. The van der Waals surface area contributed by atoms with Crippen LogP contribution < -0.4 is 15.5 Å². The van der Waals surface area contributed by atoms with Gasteiger partial charge in [-0.2, -0.15) is 0 Å². The van der Waals surface area contributed by atoms with Gasteiger partial charge in [0.1, 0.15) is 0 Å². The molecule has 0 radical (unpaired) electrons. The number of carbonyl (C=O) groups is 2. The second-order valence-electron chi connectivity index (χ2n) is 9.13. The first-order valence-corrected chi connectivity index (χ1v) is 11.9. The van der Waals surface area contributed by atoms with Crippen molar-refractivity contribution in [1.82, 2.24) is 10.6 Å². The third-order valence-corrected chi connectivity index (χ3v) is 6.97. The standard InChI is InChI=1S/C24H36ClN3O3/c1-5-28(14-18-6-8-31-9-7-18)22-12-19(25)11-20(17(22)4)23(29)26-13-21-15(2)10-16(3)27-24(21)30/h11-12,15-16,18,21H,5-10,13-14H2,1-4H3,(H,26,29)(H,27,30). The van der Waals surface area contributed by atoms with Gasteiger partial charge in [0, 0.05) is 55.2 Å². The lowest BCUT2D eigenvalue weighted by molar-refractivity contribution is -0.129. The number of nitrogens with one attached hydrogen (secondary N) is 2. The first-order valence-electron chi connectivity index (χ1n) is 11.5. The second kappa shape index (κ2) is 10.7. The number of hydrogen-bond acceptors (Lipinski definition) is 4. The number of halogens is 1. The van der Waals surface area contributed by atoms with Crippen molar-refractivity contribution in [3.8, 4) is 0 Å². The fraction of sp³-hybridized carbons (Fsp3) is 0.667. The molecule has 2 saturated heterocycles. The Kier molecular flexibility index (Phi) is 8.23. The summed E-state index contributed by atoms with van der Waals surface area (Å²) in [4.78, 5) is 27.7. The van der Waals surface area contributed by atoms with E-state index in [0.717, 1.165) is 56.8 Å². The molecular formula is C24H36ClN3O3. The van der Waals surface area contributed by atoms with Crippen LogP contribution in [0.5, 0.6) is 0 Å². The number of carbonyl (C=O) groups excluding carboxylic acids is 2. The molecular weight excluding hydrogens is 414 g/mol. The number of ether oxygens (including phenoxy) is 1. The van der Waals surface area contributed by atoms with E-state index in [1.807, 2.05) is 19.9 Å². The van der Waals surface area contributed by atoms with Crippen LogP contribution in [0.3, 0.4) is 0 Å². The van der Waals surface area contributed by atoms with E-state index in [4.69, 9.17) is 16.3 Å². The Morgan fingerprint density at radius 3 is 2.65 bits per heavy atom. The van der Waals surface area contributed by atoms with Crippen molar-refractivity contribution in [3.63, 3.8) is 0 Å². The van der Waals surface area contributed by atoms with Crippen molar-refractivity contribution < 1.29 is 14.3 Å². The highest BCUT2D eigenvalue weighted by Crippen LogP contribution is 2.30. The van der Waals surface area contributed by atoms with Crippen LogP contribution in [-0.2, 0) is 9.53 Å². The van der Waals surface area contributed by atoms with Crippen molar-refractivity contribution >= 4 is 29.1 Å². The molecule has 2 aliphatic rings. The quantitative estimate of drug-likeness (QED) is 0.664. The Morgan fingerprint density at radius 2 is 2.00 bits per heavy atom. The average molecular weight is 450 g/mol. The summed E-state index contributed by atoms with van der Waals surface area (Å²) in [6.45, 7) is 11.9. The van der Waals surface area contributed by atoms with Crippen molar-refractivity contribution in [2.45, 2.75) is 53.0 Å². The smallest absolute Gasteiger partial charge is 0.251 e.